The molecule has 1 aromatic carbocycles. The Morgan fingerprint density at radius 1 is 1.24 bits per heavy atom. The summed E-state index contributed by atoms with van der Waals surface area (Å²) in [6.07, 6.45) is 2.69. The van der Waals surface area contributed by atoms with Gasteiger partial charge in [0.25, 0.3) is 0 Å². The van der Waals surface area contributed by atoms with Crippen molar-refractivity contribution in [1.82, 2.24) is 0 Å². The number of nitrogens with two attached hydrogens (primary N) is 1. The molecule has 1 heterocycles. The van der Waals surface area contributed by atoms with E-state index in [1.54, 1.807) is 0 Å². The van der Waals surface area contributed by atoms with Gasteiger partial charge in [-0.25, -0.2) is 8.78 Å². The van der Waals surface area contributed by atoms with Crippen LogP contribution in [0.4, 0.5) is 8.78 Å². The molecule has 17 heavy (non-hydrogen) atoms. The molecule has 94 valence electrons. The predicted octanol–water partition coefficient (Wildman–Crippen LogP) is 2.41. The van der Waals surface area contributed by atoms with Crippen LogP contribution in [0.5, 0.6) is 0 Å². The van der Waals surface area contributed by atoms with Crippen LogP contribution < -0.4 is 5.73 Å². The molecular weight excluding hydrogens is 224 g/mol. The summed E-state index contributed by atoms with van der Waals surface area (Å²) in [6, 6.07) is 3.51. The highest BCUT2D eigenvalue weighted by Gasteiger charge is 2.28. The molecule has 0 bridgehead atoms. The van der Waals surface area contributed by atoms with Gasteiger partial charge in [-0.15, -0.1) is 0 Å². The smallest absolute Gasteiger partial charge is 0.126 e. The van der Waals surface area contributed by atoms with Gasteiger partial charge in [0, 0.05) is 18.8 Å². The largest absolute Gasteiger partial charge is 0.381 e. The van der Waals surface area contributed by atoms with Crippen LogP contribution in [0.2, 0.25) is 0 Å². The molecule has 0 amide bonds. The van der Waals surface area contributed by atoms with Crippen LogP contribution in [0.15, 0.2) is 18.2 Å². The predicted molar refractivity (Wildman–Crippen MR) is 61.7 cm³/mol. The fourth-order valence-electron chi connectivity index (χ4n) is 2.26. The van der Waals surface area contributed by atoms with Gasteiger partial charge < -0.3 is 10.5 Å². The van der Waals surface area contributed by atoms with Gasteiger partial charge in [0.2, 0.25) is 0 Å². The fraction of sp³-hybridized carbons (Fsp3) is 0.538. The van der Waals surface area contributed by atoms with Gasteiger partial charge >= 0.3 is 0 Å². The van der Waals surface area contributed by atoms with Gasteiger partial charge in [-0.3, -0.25) is 0 Å². The van der Waals surface area contributed by atoms with Crippen molar-refractivity contribution in [2.24, 2.45) is 5.73 Å². The van der Waals surface area contributed by atoms with E-state index in [4.69, 9.17) is 10.5 Å². The first-order valence-electron chi connectivity index (χ1n) is 5.90. The van der Waals surface area contributed by atoms with Crippen molar-refractivity contribution < 1.29 is 13.5 Å². The van der Waals surface area contributed by atoms with Crippen molar-refractivity contribution in [1.29, 1.82) is 0 Å². The molecule has 0 aliphatic carbocycles. The van der Waals surface area contributed by atoms with E-state index in [0.717, 1.165) is 25.0 Å². The number of ether oxygens (including phenoxy) is 1. The van der Waals surface area contributed by atoms with E-state index in [2.05, 4.69) is 0 Å². The first-order valence-corrected chi connectivity index (χ1v) is 5.90. The zero-order chi connectivity index (χ0) is 12.3. The van der Waals surface area contributed by atoms with Crippen molar-refractivity contribution in [2.45, 2.75) is 31.2 Å². The molecule has 4 heteroatoms. The van der Waals surface area contributed by atoms with E-state index in [-0.39, 0.29) is 5.82 Å². The van der Waals surface area contributed by atoms with E-state index in [1.807, 2.05) is 0 Å². The lowest BCUT2D eigenvalue weighted by Crippen LogP contribution is -2.42. The lowest BCUT2D eigenvalue weighted by molar-refractivity contribution is 0.139. The SMILES string of the molecule is NC1(Cc2cc(F)ccc2F)CCCOCC1. The molecule has 1 aliphatic heterocycles. The van der Waals surface area contributed by atoms with Crippen molar-refractivity contribution in [3.63, 3.8) is 0 Å². The molecule has 0 radical (unpaired) electrons. The molecule has 1 fully saturated rings. The molecule has 2 rings (SSSR count). The highest BCUT2D eigenvalue weighted by molar-refractivity contribution is 5.21. The van der Waals surface area contributed by atoms with Crippen LogP contribution in [-0.4, -0.2) is 18.8 Å². The summed E-state index contributed by atoms with van der Waals surface area (Å²) in [5.74, 6) is -0.809. The molecular formula is C13H17F2NO. The molecule has 1 unspecified atom stereocenters. The summed E-state index contributed by atoms with van der Waals surface area (Å²) in [5.41, 5.74) is 6.12. The van der Waals surface area contributed by atoms with Gasteiger partial charge in [0.15, 0.2) is 0 Å². The Morgan fingerprint density at radius 2 is 2.06 bits per heavy atom. The van der Waals surface area contributed by atoms with Crippen molar-refractivity contribution in [3.05, 3.63) is 35.4 Å². The Morgan fingerprint density at radius 3 is 2.88 bits per heavy atom. The second-order valence-electron chi connectivity index (χ2n) is 4.74. The van der Waals surface area contributed by atoms with Gasteiger partial charge in [-0.2, -0.15) is 0 Å². The Kier molecular flexibility index (Phi) is 3.74. The summed E-state index contributed by atoms with van der Waals surface area (Å²) < 4.78 is 32.0. The maximum atomic E-state index is 13.5. The minimum Gasteiger partial charge on any atom is -0.381 e. The number of hydrogen-bond acceptors (Lipinski definition) is 2. The second-order valence-corrected chi connectivity index (χ2v) is 4.74. The Labute approximate surface area is 99.8 Å². The normalized spacial score (nSPS) is 25.6. The molecule has 0 spiro atoms. The Bertz CT molecular complexity index is 387. The quantitative estimate of drug-likeness (QED) is 0.863. The summed E-state index contributed by atoms with van der Waals surface area (Å²) >= 11 is 0. The molecule has 1 aromatic rings. The van der Waals surface area contributed by atoms with E-state index in [9.17, 15) is 8.78 Å². The first kappa shape index (κ1) is 12.5. The summed E-state index contributed by atoms with van der Waals surface area (Å²) in [5, 5.41) is 0. The fourth-order valence-corrected chi connectivity index (χ4v) is 2.26. The van der Waals surface area contributed by atoms with Gasteiger partial charge in [-0.05, 0) is 49.4 Å². The minimum atomic E-state index is -0.481. The van der Waals surface area contributed by atoms with Crippen LogP contribution in [-0.2, 0) is 11.2 Å². The highest BCUT2D eigenvalue weighted by atomic mass is 19.1. The maximum absolute atomic E-state index is 13.5. The molecule has 2 nitrogen and oxygen atoms in total. The molecule has 2 N–H and O–H groups in total. The van der Waals surface area contributed by atoms with Crippen LogP contribution in [0.25, 0.3) is 0 Å². The van der Waals surface area contributed by atoms with E-state index in [1.165, 1.54) is 6.07 Å². The number of benzene rings is 1. The van der Waals surface area contributed by atoms with Gasteiger partial charge in [0.05, 0.1) is 0 Å². The van der Waals surface area contributed by atoms with Crippen LogP contribution in [0.1, 0.15) is 24.8 Å². The summed E-state index contributed by atoms with van der Waals surface area (Å²) in [6.45, 7) is 1.29. The number of halogens is 2. The van der Waals surface area contributed by atoms with Crippen LogP contribution in [0, 0.1) is 11.6 Å². The molecule has 1 aliphatic rings. The zero-order valence-corrected chi connectivity index (χ0v) is 9.72. The third-order valence-electron chi connectivity index (χ3n) is 3.26. The minimum absolute atomic E-state index is 0.356. The lowest BCUT2D eigenvalue weighted by atomic mass is 9.85. The highest BCUT2D eigenvalue weighted by Crippen LogP contribution is 2.24. The van der Waals surface area contributed by atoms with Gasteiger partial charge in [-0.1, -0.05) is 0 Å². The Hall–Kier alpha value is -1.00. The third kappa shape index (κ3) is 3.23. The first-order chi connectivity index (χ1) is 8.09. The maximum Gasteiger partial charge on any atom is 0.126 e. The topological polar surface area (TPSA) is 35.2 Å². The van der Waals surface area contributed by atoms with Gasteiger partial charge in [0.1, 0.15) is 11.6 Å². The lowest BCUT2D eigenvalue weighted by Gasteiger charge is -2.27. The van der Waals surface area contributed by atoms with E-state index in [0.29, 0.717) is 31.6 Å². The third-order valence-corrected chi connectivity index (χ3v) is 3.26. The van der Waals surface area contributed by atoms with E-state index >= 15 is 0 Å². The molecule has 0 aromatic heterocycles. The standard InChI is InChI=1S/C13H17F2NO/c14-11-2-3-12(15)10(8-11)9-13(16)4-1-6-17-7-5-13/h2-3,8H,1,4-7,9,16H2. The average molecular weight is 241 g/mol. The average Bonchev–Trinajstić information content (AvgIpc) is 2.49. The second kappa shape index (κ2) is 5.10. The van der Waals surface area contributed by atoms with Crippen LogP contribution >= 0.6 is 0 Å². The number of rotatable bonds is 2. The Balaban J connectivity index is 2.15. The van der Waals surface area contributed by atoms with E-state index < -0.39 is 11.4 Å². The zero-order valence-electron chi connectivity index (χ0n) is 9.72. The van der Waals surface area contributed by atoms with Crippen molar-refractivity contribution >= 4 is 0 Å². The summed E-state index contributed by atoms with van der Waals surface area (Å²) in [4.78, 5) is 0. The molecule has 1 atom stereocenters. The number of hydrogen-bond donors (Lipinski definition) is 1. The monoisotopic (exact) mass is 241 g/mol. The molecule has 1 saturated heterocycles. The molecule has 0 saturated carbocycles. The van der Waals surface area contributed by atoms with Crippen molar-refractivity contribution in [2.75, 3.05) is 13.2 Å². The summed E-state index contributed by atoms with van der Waals surface area (Å²) in [7, 11) is 0. The van der Waals surface area contributed by atoms with Crippen LogP contribution in [0.3, 0.4) is 0 Å². The van der Waals surface area contributed by atoms with Crippen molar-refractivity contribution in [3.8, 4) is 0 Å².